The summed E-state index contributed by atoms with van der Waals surface area (Å²) >= 11 is 7.74. The van der Waals surface area contributed by atoms with E-state index in [-0.39, 0.29) is 31.0 Å². The lowest BCUT2D eigenvalue weighted by molar-refractivity contribution is -0.125. The topological polar surface area (TPSA) is 70.7 Å². The summed E-state index contributed by atoms with van der Waals surface area (Å²) in [6.07, 6.45) is 2.24. The second-order valence-corrected chi connectivity index (χ2v) is 8.56. The summed E-state index contributed by atoms with van der Waals surface area (Å²) < 4.78 is 5.72. The first kappa shape index (κ1) is 21.8. The number of amides is 2. The van der Waals surface area contributed by atoms with Crippen LogP contribution in [0, 0.1) is 6.92 Å². The van der Waals surface area contributed by atoms with Crippen LogP contribution in [0.15, 0.2) is 35.7 Å². The van der Waals surface area contributed by atoms with Crippen LogP contribution in [0.5, 0.6) is 0 Å². The molecule has 3 rings (SSSR count). The summed E-state index contributed by atoms with van der Waals surface area (Å²) in [5.74, 6) is -0.467. The molecule has 6 nitrogen and oxygen atoms in total. The fraction of sp³-hybridized carbons (Fsp3) is 0.429. The lowest BCUT2D eigenvalue weighted by atomic mass is 10.2. The summed E-state index contributed by atoms with van der Waals surface area (Å²) in [6.45, 7) is 4.16. The van der Waals surface area contributed by atoms with Crippen molar-refractivity contribution in [3.05, 3.63) is 51.2 Å². The van der Waals surface area contributed by atoms with Crippen molar-refractivity contribution in [3.8, 4) is 0 Å². The van der Waals surface area contributed by atoms with Gasteiger partial charge in [-0.3, -0.25) is 14.5 Å². The molecule has 2 aromatic rings. The number of ether oxygens (including phenoxy) is 1. The number of carbonyl (C=O) groups excluding carboxylic acids is 2. The number of nitrogens with one attached hydrogen (secondary N) is 2. The van der Waals surface area contributed by atoms with E-state index < -0.39 is 0 Å². The van der Waals surface area contributed by atoms with E-state index in [1.165, 1.54) is 4.88 Å². The van der Waals surface area contributed by atoms with Crippen LogP contribution in [-0.4, -0.2) is 49.1 Å². The van der Waals surface area contributed by atoms with Crippen molar-refractivity contribution in [3.63, 3.8) is 0 Å². The zero-order valence-corrected chi connectivity index (χ0v) is 18.0. The van der Waals surface area contributed by atoms with Crippen LogP contribution in [-0.2, 0) is 20.9 Å². The van der Waals surface area contributed by atoms with Gasteiger partial charge >= 0.3 is 0 Å². The van der Waals surface area contributed by atoms with Gasteiger partial charge in [-0.25, -0.2) is 0 Å². The Labute approximate surface area is 180 Å². The number of benzene rings is 1. The number of halogens is 1. The van der Waals surface area contributed by atoms with Crippen LogP contribution in [0.2, 0.25) is 5.02 Å². The van der Waals surface area contributed by atoms with Crippen molar-refractivity contribution < 1.29 is 14.3 Å². The molecular formula is C21H26ClN3O3S. The summed E-state index contributed by atoms with van der Waals surface area (Å²) in [4.78, 5) is 27.9. The first-order chi connectivity index (χ1) is 14.0. The molecule has 0 bridgehead atoms. The molecule has 0 unspecified atom stereocenters. The Morgan fingerprint density at radius 1 is 1.28 bits per heavy atom. The summed E-state index contributed by atoms with van der Waals surface area (Å²) in [5.41, 5.74) is 1.45. The van der Waals surface area contributed by atoms with E-state index in [9.17, 15) is 9.59 Å². The van der Waals surface area contributed by atoms with Gasteiger partial charge in [0.1, 0.15) is 0 Å². The molecule has 2 N–H and O–H groups in total. The molecule has 156 valence electrons. The lowest BCUT2D eigenvalue weighted by Crippen LogP contribution is -2.42. The molecule has 2 heterocycles. The van der Waals surface area contributed by atoms with Crippen molar-refractivity contribution in [2.24, 2.45) is 0 Å². The Kier molecular flexibility index (Phi) is 8.06. The van der Waals surface area contributed by atoms with Crippen molar-refractivity contribution >= 4 is 40.4 Å². The Bertz CT molecular complexity index is 823. The molecule has 1 atom stereocenters. The van der Waals surface area contributed by atoms with Crippen molar-refractivity contribution in [1.82, 2.24) is 10.2 Å². The van der Waals surface area contributed by atoms with E-state index in [1.807, 2.05) is 18.4 Å². The maximum absolute atomic E-state index is 12.4. The average Bonchev–Trinajstić information content (AvgIpc) is 3.38. The first-order valence-corrected chi connectivity index (χ1v) is 10.9. The predicted molar refractivity (Wildman–Crippen MR) is 116 cm³/mol. The van der Waals surface area contributed by atoms with Gasteiger partial charge in [0.05, 0.1) is 19.2 Å². The highest BCUT2D eigenvalue weighted by Crippen LogP contribution is 2.22. The standard InChI is InChI=1S/C21H26ClN3O3S/c1-15-18(22)7-2-8-19(15)24-20(26)11-23-21(27)14-25(12-16-5-3-9-28-16)13-17-6-4-10-29-17/h2,4,6-8,10,16H,3,5,9,11-14H2,1H3,(H,23,27)(H,24,26)/t16-/m1/s1. The quantitative estimate of drug-likeness (QED) is 0.633. The number of anilines is 1. The second kappa shape index (κ2) is 10.7. The smallest absolute Gasteiger partial charge is 0.243 e. The molecule has 0 saturated carbocycles. The molecular weight excluding hydrogens is 410 g/mol. The molecule has 1 aromatic heterocycles. The monoisotopic (exact) mass is 435 g/mol. The Morgan fingerprint density at radius 3 is 2.86 bits per heavy atom. The predicted octanol–water partition coefficient (Wildman–Crippen LogP) is 3.45. The fourth-order valence-electron chi connectivity index (χ4n) is 3.26. The van der Waals surface area contributed by atoms with Crippen LogP contribution in [0.4, 0.5) is 5.69 Å². The third kappa shape index (κ3) is 6.82. The van der Waals surface area contributed by atoms with Gasteiger partial charge in [-0.1, -0.05) is 23.7 Å². The molecule has 0 aliphatic carbocycles. The highest BCUT2D eigenvalue weighted by molar-refractivity contribution is 7.09. The Morgan fingerprint density at radius 2 is 2.14 bits per heavy atom. The summed E-state index contributed by atoms with van der Waals surface area (Å²) in [6, 6.07) is 9.39. The third-order valence-corrected chi connectivity index (χ3v) is 6.07. The molecule has 1 aliphatic rings. The molecule has 1 aromatic carbocycles. The first-order valence-electron chi connectivity index (χ1n) is 9.69. The zero-order valence-electron chi connectivity index (χ0n) is 16.4. The van der Waals surface area contributed by atoms with Gasteiger partial charge in [-0.2, -0.15) is 0 Å². The van der Waals surface area contributed by atoms with E-state index in [1.54, 1.807) is 29.5 Å². The molecule has 1 fully saturated rings. The molecule has 1 aliphatic heterocycles. The number of carbonyl (C=O) groups is 2. The van der Waals surface area contributed by atoms with Crippen LogP contribution in [0.3, 0.4) is 0 Å². The minimum atomic E-state index is -0.285. The average molecular weight is 436 g/mol. The minimum absolute atomic E-state index is 0.0858. The van der Waals surface area contributed by atoms with E-state index in [0.29, 0.717) is 23.8 Å². The number of thiophene rings is 1. The molecule has 1 saturated heterocycles. The van der Waals surface area contributed by atoms with Gasteiger partial charge in [-0.15, -0.1) is 11.3 Å². The summed E-state index contributed by atoms with van der Waals surface area (Å²) in [5, 5.41) is 8.11. The van der Waals surface area contributed by atoms with E-state index in [2.05, 4.69) is 21.6 Å². The van der Waals surface area contributed by atoms with E-state index >= 15 is 0 Å². The zero-order chi connectivity index (χ0) is 20.6. The Balaban J connectivity index is 1.49. The van der Waals surface area contributed by atoms with Crippen LogP contribution in [0.25, 0.3) is 0 Å². The van der Waals surface area contributed by atoms with Crippen LogP contribution in [0.1, 0.15) is 23.3 Å². The molecule has 0 radical (unpaired) electrons. The molecule has 8 heteroatoms. The molecule has 29 heavy (non-hydrogen) atoms. The maximum atomic E-state index is 12.4. The van der Waals surface area contributed by atoms with Gasteiger partial charge in [0.15, 0.2) is 0 Å². The molecule has 0 spiro atoms. The van der Waals surface area contributed by atoms with E-state index in [0.717, 1.165) is 25.0 Å². The van der Waals surface area contributed by atoms with Crippen molar-refractivity contribution in [2.45, 2.75) is 32.4 Å². The van der Waals surface area contributed by atoms with E-state index in [4.69, 9.17) is 16.3 Å². The van der Waals surface area contributed by atoms with Gasteiger partial charge in [-0.05, 0) is 48.9 Å². The van der Waals surface area contributed by atoms with Crippen LogP contribution >= 0.6 is 22.9 Å². The minimum Gasteiger partial charge on any atom is -0.377 e. The molecule has 2 amide bonds. The number of hydrogen-bond acceptors (Lipinski definition) is 5. The normalized spacial score (nSPS) is 16.2. The highest BCUT2D eigenvalue weighted by atomic mass is 35.5. The number of rotatable bonds is 9. The lowest BCUT2D eigenvalue weighted by Gasteiger charge is -2.24. The maximum Gasteiger partial charge on any atom is 0.243 e. The largest absolute Gasteiger partial charge is 0.377 e. The van der Waals surface area contributed by atoms with Gasteiger partial charge in [0.25, 0.3) is 0 Å². The Hall–Kier alpha value is -1.93. The number of hydrogen-bond donors (Lipinski definition) is 2. The van der Waals surface area contributed by atoms with Crippen molar-refractivity contribution in [1.29, 1.82) is 0 Å². The highest BCUT2D eigenvalue weighted by Gasteiger charge is 2.21. The summed E-state index contributed by atoms with van der Waals surface area (Å²) in [7, 11) is 0. The van der Waals surface area contributed by atoms with Crippen LogP contribution < -0.4 is 10.6 Å². The van der Waals surface area contributed by atoms with Gasteiger partial charge in [0, 0.05) is 35.3 Å². The van der Waals surface area contributed by atoms with Gasteiger partial charge in [0.2, 0.25) is 11.8 Å². The second-order valence-electron chi connectivity index (χ2n) is 7.12. The van der Waals surface area contributed by atoms with Gasteiger partial charge < -0.3 is 15.4 Å². The SMILES string of the molecule is Cc1c(Cl)cccc1NC(=O)CNC(=O)CN(Cc1cccs1)C[C@H]1CCCO1. The van der Waals surface area contributed by atoms with Crippen molar-refractivity contribution in [2.75, 3.05) is 31.6 Å². The number of nitrogens with zero attached hydrogens (tertiary/aromatic N) is 1. The fourth-order valence-corrected chi connectivity index (χ4v) is 4.18. The third-order valence-electron chi connectivity index (χ3n) is 4.80.